The molecule has 24 heavy (non-hydrogen) atoms. The van der Waals surface area contributed by atoms with Gasteiger partial charge in [-0.15, -0.1) is 0 Å². The predicted octanol–water partition coefficient (Wildman–Crippen LogP) is 3.24. The van der Waals surface area contributed by atoms with Crippen molar-refractivity contribution in [2.24, 2.45) is 0 Å². The quantitative estimate of drug-likeness (QED) is 0.863. The molecule has 1 saturated heterocycles. The number of ether oxygens (including phenoxy) is 2. The summed E-state index contributed by atoms with van der Waals surface area (Å²) in [5.74, 6) is 2.74. The van der Waals surface area contributed by atoms with Crippen molar-refractivity contribution in [3.8, 4) is 11.5 Å². The molecule has 1 unspecified atom stereocenters. The molecule has 0 aliphatic carbocycles. The maximum absolute atomic E-state index is 6.02. The third-order valence-electron chi connectivity index (χ3n) is 4.68. The van der Waals surface area contributed by atoms with Gasteiger partial charge in [-0.25, -0.2) is 9.97 Å². The van der Waals surface area contributed by atoms with E-state index in [0.717, 1.165) is 48.9 Å². The molecular weight excluding hydrogens is 302 g/mol. The summed E-state index contributed by atoms with van der Waals surface area (Å²) in [6, 6.07) is 9.97. The first-order valence-electron chi connectivity index (χ1n) is 8.83. The smallest absolute Gasteiger partial charge is 0.161 e. The number of nitrogens with zero attached hydrogens (tertiary/aromatic N) is 3. The number of hydrogen-bond donors (Lipinski definition) is 0. The molecule has 0 N–H and O–H groups in total. The van der Waals surface area contributed by atoms with Crippen LogP contribution in [0.1, 0.15) is 31.4 Å². The van der Waals surface area contributed by atoms with Gasteiger partial charge in [0.2, 0.25) is 0 Å². The first-order valence-corrected chi connectivity index (χ1v) is 8.83. The van der Waals surface area contributed by atoms with E-state index in [-0.39, 0.29) is 6.10 Å². The van der Waals surface area contributed by atoms with E-state index in [9.17, 15) is 0 Å². The lowest BCUT2D eigenvalue weighted by Gasteiger charge is -2.28. The Kier molecular flexibility index (Phi) is 4.49. The minimum absolute atomic E-state index is 0.0771. The number of anilines is 1. The highest BCUT2D eigenvalue weighted by molar-refractivity contribution is 5.41. The Morgan fingerprint density at radius 1 is 1.04 bits per heavy atom. The largest absolute Gasteiger partial charge is 0.486 e. The molecule has 0 spiro atoms. The number of fused-ring (bicyclic) bond motifs is 1. The summed E-state index contributed by atoms with van der Waals surface area (Å²) >= 11 is 0. The summed E-state index contributed by atoms with van der Waals surface area (Å²) in [7, 11) is 0. The molecule has 2 aliphatic rings. The number of piperidine rings is 1. The summed E-state index contributed by atoms with van der Waals surface area (Å²) in [5, 5.41) is 0. The highest BCUT2D eigenvalue weighted by Crippen LogP contribution is 2.31. The average molecular weight is 325 g/mol. The summed E-state index contributed by atoms with van der Waals surface area (Å²) in [6.07, 6.45) is 7.37. The molecule has 1 atom stereocenters. The Bertz CT molecular complexity index is 686. The summed E-state index contributed by atoms with van der Waals surface area (Å²) in [5.41, 5.74) is 1.08. The topological polar surface area (TPSA) is 47.5 Å². The van der Waals surface area contributed by atoms with Crippen LogP contribution in [0.5, 0.6) is 11.5 Å². The molecule has 2 aliphatic heterocycles. The predicted molar refractivity (Wildman–Crippen MR) is 92.8 cm³/mol. The van der Waals surface area contributed by atoms with E-state index in [1.165, 1.54) is 19.3 Å². The van der Waals surface area contributed by atoms with Gasteiger partial charge in [0, 0.05) is 24.8 Å². The van der Waals surface area contributed by atoms with Gasteiger partial charge < -0.3 is 14.4 Å². The normalized spacial score (nSPS) is 20.0. The van der Waals surface area contributed by atoms with Crippen LogP contribution in [0.2, 0.25) is 0 Å². The van der Waals surface area contributed by atoms with Gasteiger partial charge in [-0.2, -0.15) is 0 Å². The molecule has 5 nitrogen and oxygen atoms in total. The van der Waals surface area contributed by atoms with E-state index in [0.29, 0.717) is 6.61 Å². The van der Waals surface area contributed by atoms with Gasteiger partial charge in [0.25, 0.3) is 0 Å². The van der Waals surface area contributed by atoms with Gasteiger partial charge in [-0.1, -0.05) is 12.1 Å². The van der Waals surface area contributed by atoms with Crippen molar-refractivity contribution in [1.82, 2.24) is 9.97 Å². The highest BCUT2D eigenvalue weighted by Gasteiger charge is 2.21. The molecule has 1 aromatic heterocycles. The fraction of sp³-hybridized carbons (Fsp3) is 0.474. The SMILES string of the molecule is c1ccc2c(c1)OCC(CCc1cc(N3CCCCC3)ncn1)O2. The minimum Gasteiger partial charge on any atom is -0.486 e. The second-order valence-electron chi connectivity index (χ2n) is 6.45. The average Bonchev–Trinajstić information content (AvgIpc) is 2.67. The van der Waals surface area contributed by atoms with E-state index in [2.05, 4.69) is 20.9 Å². The van der Waals surface area contributed by atoms with Gasteiger partial charge in [-0.3, -0.25) is 0 Å². The number of aromatic nitrogens is 2. The lowest BCUT2D eigenvalue weighted by molar-refractivity contribution is 0.0849. The van der Waals surface area contributed by atoms with Gasteiger partial charge in [0.1, 0.15) is 24.9 Å². The minimum atomic E-state index is 0.0771. The van der Waals surface area contributed by atoms with Crippen LogP contribution in [0.3, 0.4) is 0 Å². The Balaban J connectivity index is 1.36. The Morgan fingerprint density at radius 2 is 1.88 bits per heavy atom. The Labute approximate surface area is 142 Å². The fourth-order valence-electron chi connectivity index (χ4n) is 3.33. The summed E-state index contributed by atoms with van der Waals surface area (Å²) in [6.45, 7) is 2.81. The van der Waals surface area contributed by atoms with Gasteiger partial charge in [0.05, 0.1) is 0 Å². The van der Waals surface area contributed by atoms with Gasteiger partial charge in [0.15, 0.2) is 11.5 Å². The van der Waals surface area contributed by atoms with Crippen LogP contribution in [0.25, 0.3) is 0 Å². The Hall–Kier alpha value is -2.30. The number of hydrogen-bond acceptors (Lipinski definition) is 5. The zero-order chi connectivity index (χ0) is 16.2. The van der Waals surface area contributed by atoms with Crippen LogP contribution in [0.4, 0.5) is 5.82 Å². The van der Waals surface area contributed by atoms with Crippen LogP contribution >= 0.6 is 0 Å². The van der Waals surface area contributed by atoms with E-state index < -0.39 is 0 Å². The molecule has 126 valence electrons. The van der Waals surface area contributed by atoms with Crippen LogP contribution < -0.4 is 14.4 Å². The first kappa shape index (κ1) is 15.2. The molecule has 4 rings (SSSR count). The van der Waals surface area contributed by atoms with Crippen molar-refractivity contribution in [2.45, 2.75) is 38.2 Å². The van der Waals surface area contributed by atoms with E-state index >= 15 is 0 Å². The molecule has 0 amide bonds. The number of rotatable bonds is 4. The second-order valence-corrected chi connectivity index (χ2v) is 6.45. The zero-order valence-corrected chi connectivity index (χ0v) is 13.9. The highest BCUT2D eigenvalue weighted by atomic mass is 16.6. The van der Waals surface area contributed by atoms with Crippen molar-refractivity contribution >= 4 is 5.82 Å². The van der Waals surface area contributed by atoms with Crippen molar-refractivity contribution in [2.75, 3.05) is 24.6 Å². The monoisotopic (exact) mass is 325 g/mol. The molecule has 1 fully saturated rings. The third kappa shape index (κ3) is 3.45. The fourth-order valence-corrected chi connectivity index (χ4v) is 3.33. The van der Waals surface area contributed by atoms with E-state index in [1.807, 2.05) is 24.3 Å². The molecular formula is C19H23N3O2. The molecule has 0 bridgehead atoms. The third-order valence-corrected chi connectivity index (χ3v) is 4.68. The Morgan fingerprint density at radius 3 is 2.75 bits per heavy atom. The lowest BCUT2D eigenvalue weighted by atomic mass is 10.1. The standard InChI is InChI=1S/C19H23N3O2/c1-4-10-22(11-5-1)19-12-15(20-14-21-19)8-9-16-13-23-17-6-2-3-7-18(17)24-16/h2-3,6-7,12,14,16H,1,4-5,8-11,13H2. The van der Waals surface area contributed by atoms with Crippen LogP contribution in [-0.4, -0.2) is 35.8 Å². The van der Waals surface area contributed by atoms with E-state index in [4.69, 9.17) is 9.47 Å². The molecule has 3 heterocycles. The van der Waals surface area contributed by atoms with Crippen LogP contribution in [0.15, 0.2) is 36.7 Å². The maximum atomic E-state index is 6.02. The second kappa shape index (κ2) is 7.07. The van der Waals surface area contributed by atoms with Gasteiger partial charge in [-0.05, 0) is 44.2 Å². The molecule has 1 aromatic carbocycles. The number of para-hydroxylation sites is 2. The van der Waals surface area contributed by atoms with Crippen molar-refractivity contribution < 1.29 is 9.47 Å². The van der Waals surface area contributed by atoms with Crippen LogP contribution in [0, 0.1) is 0 Å². The van der Waals surface area contributed by atoms with Crippen molar-refractivity contribution in [3.63, 3.8) is 0 Å². The molecule has 0 saturated carbocycles. The van der Waals surface area contributed by atoms with Crippen molar-refractivity contribution in [1.29, 1.82) is 0 Å². The van der Waals surface area contributed by atoms with Crippen LogP contribution in [-0.2, 0) is 6.42 Å². The summed E-state index contributed by atoms with van der Waals surface area (Å²) in [4.78, 5) is 11.2. The molecule has 2 aromatic rings. The maximum Gasteiger partial charge on any atom is 0.161 e. The summed E-state index contributed by atoms with van der Waals surface area (Å²) < 4.78 is 11.8. The van der Waals surface area contributed by atoms with Gasteiger partial charge >= 0.3 is 0 Å². The molecule has 5 heteroatoms. The zero-order valence-electron chi connectivity index (χ0n) is 13.9. The first-order chi connectivity index (χ1) is 11.9. The lowest BCUT2D eigenvalue weighted by Crippen LogP contribution is -2.30. The van der Waals surface area contributed by atoms with Crippen molar-refractivity contribution in [3.05, 3.63) is 42.4 Å². The number of benzene rings is 1. The number of aryl methyl sites for hydroxylation is 1. The molecule has 0 radical (unpaired) electrons. The van der Waals surface area contributed by atoms with E-state index in [1.54, 1.807) is 6.33 Å².